The van der Waals surface area contributed by atoms with Crippen molar-refractivity contribution >= 4 is 5.91 Å². The van der Waals surface area contributed by atoms with Crippen LogP contribution in [0.5, 0.6) is 0 Å². The van der Waals surface area contributed by atoms with E-state index in [1.807, 2.05) is 19.1 Å². The molecular weight excluding hydrogens is 297 g/mol. The van der Waals surface area contributed by atoms with Crippen molar-refractivity contribution in [1.29, 1.82) is 0 Å². The van der Waals surface area contributed by atoms with Gasteiger partial charge in [-0.1, -0.05) is 18.6 Å². The normalized spacial score (nSPS) is 17.3. The molecular formula is C18H26FNO3. The summed E-state index contributed by atoms with van der Waals surface area (Å²) in [5.74, 6) is -0.349. The van der Waals surface area contributed by atoms with E-state index in [2.05, 4.69) is 5.32 Å². The molecule has 1 aromatic rings. The van der Waals surface area contributed by atoms with Crippen molar-refractivity contribution < 1.29 is 18.7 Å². The molecule has 1 aromatic carbocycles. The van der Waals surface area contributed by atoms with Gasteiger partial charge in [-0.3, -0.25) is 4.79 Å². The minimum Gasteiger partial charge on any atom is -0.379 e. The van der Waals surface area contributed by atoms with E-state index < -0.39 is 6.10 Å². The van der Waals surface area contributed by atoms with Crippen molar-refractivity contribution in [3.8, 4) is 0 Å². The van der Waals surface area contributed by atoms with Gasteiger partial charge in [-0.25, -0.2) is 4.39 Å². The summed E-state index contributed by atoms with van der Waals surface area (Å²) < 4.78 is 23.7. The molecule has 1 atom stereocenters. The second kappa shape index (κ2) is 8.41. The highest BCUT2D eigenvalue weighted by Gasteiger charge is 2.39. The number of carbonyl (C=O) groups excluding carboxylic acids is 1. The fourth-order valence-corrected chi connectivity index (χ4v) is 2.88. The summed E-state index contributed by atoms with van der Waals surface area (Å²) in [6.07, 6.45) is 2.66. The van der Waals surface area contributed by atoms with Gasteiger partial charge in [-0.15, -0.1) is 0 Å². The topological polar surface area (TPSA) is 47.6 Å². The summed E-state index contributed by atoms with van der Waals surface area (Å²) in [4.78, 5) is 12.1. The molecule has 0 aliphatic heterocycles. The lowest BCUT2D eigenvalue weighted by molar-refractivity contribution is -0.133. The molecule has 0 aromatic heterocycles. The summed E-state index contributed by atoms with van der Waals surface area (Å²) in [7, 11) is 0. The third-order valence-electron chi connectivity index (χ3n) is 4.54. The van der Waals surface area contributed by atoms with Gasteiger partial charge in [-0.05, 0) is 44.4 Å². The molecule has 0 unspecified atom stereocenters. The number of halogens is 1. The van der Waals surface area contributed by atoms with Gasteiger partial charge in [0.1, 0.15) is 11.9 Å². The zero-order chi connectivity index (χ0) is 16.7. The van der Waals surface area contributed by atoms with Crippen LogP contribution in [0.1, 0.15) is 38.7 Å². The first kappa shape index (κ1) is 17.9. The molecule has 4 nitrogen and oxygen atoms in total. The SMILES string of the molecule is CCOCCO[C@H](C)C(=O)NCC1(c2ccc(F)cc2)CCC1. The van der Waals surface area contributed by atoms with Gasteiger partial charge in [0.15, 0.2) is 0 Å². The molecule has 23 heavy (non-hydrogen) atoms. The van der Waals surface area contributed by atoms with Crippen LogP contribution in [0.15, 0.2) is 24.3 Å². The molecule has 1 N–H and O–H groups in total. The predicted octanol–water partition coefficient (Wildman–Crippen LogP) is 2.81. The fourth-order valence-electron chi connectivity index (χ4n) is 2.88. The molecule has 0 heterocycles. The number of hydrogen-bond acceptors (Lipinski definition) is 3. The first-order valence-corrected chi connectivity index (χ1v) is 8.30. The van der Waals surface area contributed by atoms with Crippen molar-refractivity contribution in [2.24, 2.45) is 0 Å². The van der Waals surface area contributed by atoms with Crippen molar-refractivity contribution in [3.05, 3.63) is 35.6 Å². The lowest BCUT2D eigenvalue weighted by atomic mass is 9.64. The van der Waals surface area contributed by atoms with Crippen molar-refractivity contribution in [2.75, 3.05) is 26.4 Å². The average molecular weight is 323 g/mol. The smallest absolute Gasteiger partial charge is 0.248 e. The molecule has 0 radical (unpaired) electrons. The van der Waals surface area contributed by atoms with Crippen LogP contribution in [-0.4, -0.2) is 38.4 Å². The van der Waals surface area contributed by atoms with Crippen LogP contribution in [0, 0.1) is 5.82 Å². The van der Waals surface area contributed by atoms with Gasteiger partial charge in [0.25, 0.3) is 0 Å². The van der Waals surface area contributed by atoms with Crippen LogP contribution in [0.2, 0.25) is 0 Å². The maximum Gasteiger partial charge on any atom is 0.248 e. The number of rotatable bonds is 9. The Kier molecular flexibility index (Phi) is 6.54. The number of benzene rings is 1. The highest BCUT2D eigenvalue weighted by Crippen LogP contribution is 2.43. The predicted molar refractivity (Wildman–Crippen MR) is 86.8 cm³/mol. The zero-order valence-corrected chi connectivity index (χ0v) is 13.9. The van der Waals surface area contributed by atoms with Crippen molar-refractivity contribution in [1.82, 2.24) is 5.32 Å². The molecule has 0 spiro atoms. The maximum absolute atomic E-state index is 13.1. The second-order valence-corrected chi connectivity index (χ2v) is 6.07. The van der Waals surface area contributed by atoms with Crippen LogP contribution in [-0.2, 0) is 19.7 Å². The van der Waals surface area contributed by atoms with Gasteiger partial charge >= 0.3 is 0 Å². The molecule has 1 saturated carbocycles. The Morgan fingerprint density at radius 1 is 1.30 bits per heavy atom. The highest BCUT2D eigenvalue weighted by molar-refractivity contribution is 5.80. The second-order valence-electron chi connectivity index (χ2n) is 6.07. The van der Waals surface area contributed by atoms with E-state index >= 15 is 0 Å². The fraction of sp³-hybridized carbons (Fsp3) is 0.611. The Morgan fingerprint density at radius 3 is 2.57 bits per heavy atom. The summed E-state index contributed by atoms with van der Waals surface area (Å²) >= 11 is 0. The van der Waals surface area contributed by atoms with E-state index in [0.717, 1.165) is 24.8 Å². The first-order chi connectivity index (χ1) is 11.1. The van der Waals surface area contributed by atoms with Crippen molar-refractivity contribution in [2.45, 2.75) is 44.6 Å². The van der Waals surface area contributed by atoms with Gasteiger partial charge in [0.2, 0.25) is 5.91 Å². The number of amides is 1. The van der Waals surface area contributed by atoms with E-state index in [-0.39, 0.29) is 17.1 Å². The lowest BCUT2D eigenvalue weighted by Crippen LogP contribution is -2.48. The van der Waals surface area contributed by atoms with Crippen LogP contribution in [0.4, 0.5) is 4.39 Å². The van der Waals surface area contributed by atoms with E-state index in [1.54, 1.807) is 6.92 Å². The van der Waals surface area contributed by atoms with E-state index in [9.17, 15) is 9.18 Å². The monoisotopic (exact) mass is 323 g/mol. The molecule has 5 heteroatoms. The molecule has 1 aliphatic carbocycles. The third kappa shape index (κ3) is 4.75. The number of hydrogen-bond donors (Lipinski definition) is 1. The molecule has 0 bridgehead atoms. The van der Waals surface area contributed by atoms with Crippen LogP contribution < -0.4 is 5.32 Å². The van der Waals surface area contributed by atoms with Gasteiger partial charge in [0, 0.05) is 18.6 Å². The van der Waals surface area contributed by atoms with Gasteiger partial charge in [-0.2, -0.15) is 0 Å². The highest BCUT2D eigenvalue weighted by atomic mass is 19.1. The minimum atomic E-state index is -0.499. The summed E-state index contributed by atoms with van der Waals surface area (Å²) in [5, 5.41) is 2.98. The first-order valence-electron chi connectivity index (χ1n) is 8.30. The Labute approximate surface area is 137 Å². The Hall–Kier alpha value is -1.46. The number of nitrogens with one attached hydrogen (secondary N) is 1. The molecule has 1 fully saturated rings. The third-order valence-corrected chi connectivity index (χ3v) is 4.54. The van der Waals surface area contributed by atoms with Gasteiger partial charge < -0.3 is 14.8 Å². The van der Waals surface area contributed by atoms with Crippen LogP contribution >= 0.6 is 0 Å². The van der Waals surface area contributed by atoms with Gasteiger partial charge in [0.05, 0.1) is 13.2 Å². The molecule has 1 aliphatic rings. The summed E-state index contributed by atoms with van der Waals surface area (Å²) in [5.41, 5.74) is 1.03. The maximum atomic E-state index is 13.1. The Balaban J connectivity index is 1.83. The van der Waals surface area contributed by atoms with Crippen LogP contribution in [0.25, 0.3) is 0 Å². The molecule has 128 valence electrons. The number of ether oxygens (including phenoxy) is 2. The van der Waals surface area contributed by atoms with E-state index in [1.165, 1.54) is 12.1 Å². The standard InChI is InChI=1S/C18H26FNO3/c1-3-22-11-12-23-14(2)17(21)20-13-18(9-4-10-18)15-5-7-16(19)8-6-15/h5-8,14H,3-4,9-13H2,1-2H3,(H,20,21)/t14-/m1/s1. The molecule has 1 amide bonds. The minimum absolute atomic E-state index is 0.0611. The average Bonchev–Trinajstić information content (AvgIpc) is 2.51. The number of carbonyl (C=O) groups is 1. The Bertz CT molecular complexity index is 499. The van der Waals surface area contributed by atoms with Crippen molar-refractivity contribution in [3.63, 3.8) is 0 Å². The summed E-state index contributed by atoms with van der Waals surface area (Å²) in [6, 6.07) is 6.61. The Morgan fingerprint density at radius 2 is 2.00 bits per heavy atom. The quantitative estimate of drug-likeness (QED) is 0.711. The van der Waals surface area contributed by atoms with Crippen LogP contribution in [0.3, 0.4) is 0 Å². The molecule has 2 rings (SSSR count). The summed E-state index contributed by atoms with van der Waals surface area (Å²) in [6.45, 7) is 5.77. The van der Waals surface area contributed by atoms with E-state index in [0.29, 0.717) is 26.4 Å². The largest absolute Gasteiger partial charge is 0.379 e. The lowest BCUT2D eigenvalue weighted by Gasteiger charge is -2.42. The molecule has 0 saturated heterocycles. The zero-order valence-electron chi connectivity index (χ0n) is 13.9. The van der Waals surface area contributed by atoms with E-state index in [4.69, 9.17) is 9.47 Å².